The third-order valence-electron chi connectivity index (χ3n) is 4.05. The van der Waals surface area contributed by atoms with Gasteiger partial charge in [0.25, 0.3) is 0 Å². The molecule has 1 aromatic carbocycles. The molecule has 0 aliphatic heterocycles. The summed E-state index contributed by atoms with van der Waals surface area (Å²) in [4.78, 5) is 13.6. The van der Waals surface area contributed by atoms with E-state index in [0.717, 1.165) is 17.3 Å². The fraction of sp³-hybridized carbons (Fsp3) is 0.562. The summed E-state index contributed by atoms with van der Waals surface area (Å²) >= 11 is 5.20. The van der Waals surface area contributed by atoms with E-state index in [-0.39, 0.29) is 0 Å². The highest BCUT2D eigenvalue weighted by atomic mass is 79.9. The molecular formula is C16H21BrOS. The zero-order valence-corrected chi connectivity index (χ0v) is 13.8. The molecule has 0 heterocycles. The summed E-state index contributed by atoms with van der Waals surface area (Å²) in [5, 5.41) is 0. The summed E-state index contributed by atoms with van der Waals surface area (Å²) in [6.45, 7) is 2.22. The standard InChI is InChI=1S/C16H21BrOS/c1-2-12-7-3-4-8-13(12)15(18)11-19-16-10-6-5-9-14(16)17/h5-6,9-10,12-13H,2-4,7-8,11H2,1H3. The first-order chi connectivity index (χ1) is 9.22. The first-order valence-electron chi connectivity index (χ1n) is 7.12. The van der Waals surface area contributed by atoms with E-state index in [1.54, 1.807) is 11.8 Å². The second kappa shape index (κ2) is 7.49. The van der Waals surface area contributed by atoms with Gasteiger partial charge in [0.2, 0.25) is 0 Å². The number of ketones is 1. The second-order valence-corrected chi connectivity index (χ2v) is 7.12. The summed E-state index contributed by atoms with van der Waals surface area (Å²) in [6, 6.07) is 8.12. The van der Waals surface area contributed by atoms with E-state index in [0.29, 0.717) is 23.4 Å². The normalized spacial score (nSPS) is 23.3. The molecule has 1 nitrogen and oxygen atoms in total. The molecule has 0 bridgehead atoms. The van der Waals surface area contributed by atoms with Crippen molar-refractivity contribution in [1.29, 1.82) is 0 Å². The first kappa shape index (κ1) is 15.1. The van der Waals surface area contributed by atoms with Crippen molar-refractivity contribution < 1.29 is 4.79 Å². The van der Waals surface area contributed by atoms with Gasteiger partial charge in [-0.15, -0.1) is 11.8 Å². The number of thioether (sulfide) groups is 1. The zero-order valence-electron chi connectivity index (χ0n) is 11.4. The van der Waals surface area contributed by atoms with Gasteiger partial charge in [-0.25, -0.2) is 0 Å². The van der Waals surface area contributed by atoms with Crippen molar-refractivity contribution >= 4 is 33.5 Å². The Balaban J connectivity index is 1.92. The van der Waals surface area contributed by atoms with Gasteiger partial charge in [0.15, 0.2) is 0 Å². The van der Waals surface area contributed by atoms with Crippen molar-refractivity contribution in [3.8, 4) is 0 Å². The van der Waals surface area contributed by atoms with Crippen molar-refractivity contribution in [2.24, 2.45) is 11.8 Å². The zero-order chi connectivity index (χ0) is 13.7. The minimum atomic E-state index is 0.314. The number of carbonyl (C=O) groups excluding carboxylic acids is 1. The lowest BCUT2D eigenvalue weighted by atomic mass is 9.76. The minimum absolute atomic E-state index is 0.314. The van der Waals surface area contributed by atoms with Gasteiger partial charge in [0.1, 0.15) is 5.78 Å². The lowest BCUT2D eigenvalue weighted by Crippen LogP contribution is -2.28. The number of Topliss-reactive ketones (excluding diaryl/α,β-unsaturated/α-hetero) is 1. The lowest BCUT2D eigenvalue weighted by Gasteiger charge is -2.29. The maximum Gasteiger partial charge on any atom is 0.146 e. The fourth-order valence-corrected chi connectivity index (χ4v) is 4.46. The third kappa shape index (κ3) is 4.09. The van der Waals surface area contributed by atoms with Crippen LogP contribution in [0.5, 0.6) is 0 Å². The minimum Gasteiger partial charge on any atom is -0.298 e. The van der Waals surface area contributed by atoms with Crippen LogP contribution >= 0.6 is 27.7 Å². The van der Waals surface area contributed by atoms with E-state index in [2.05, 4.69) is 28.9 Å². The SMILES string of the molecule is CCC1CCCCC1C(=O)CSc1ccccc1Br. The molecule has 1 aliphatic rings. The van der Waals surface area contributed by atoms with Crippen molar-refractivity contribution in [1.82, 2.24) is 0 Å². The summed E-state index contributed by atoms with van der Waals surface area (Å²) in [7, 11) is 0. The van der Waals surface area contributed by atoms with Crippen LogP contribution in [-0.2, 0) is 4.79 Å². The molecule has 3 heteroatoms. The van der Waals surface area contributed by atoms with E-state index in [9.17, 15) is 4.79 Å². The van der Waals surface area contributed by atoms with Gasteiger partial charge in [-0.3, -0.25) is 4.79 Å². The third-order valence-corrected chi connectivity index (χ3v) is 6.10. The Morgan fingerprint density at radius 2 is 2.05 bits per heavy atom. The van der Waals surface area contributed by atoms with Crippen molar-refractivity contribution in [3.63, 3.8) is 0 Å². The molecule has 1 saturated carbocycles. The highest BCUT2D eigenvalue weighted by Crippen LogP contribution is 2.35. The van der Waals surface area contributed by atoms with E-state index < -0.39 is 0 Å². The summed E-state index contributed by atoms with van der Waals surface area (Å²) < 4.78 is 1.09. The quantitative estimate of drug-likeness (QED) is 0.674. The van der Waals surface area contributed by atoms with Gasteiger partial charge in [-0.05, 0) is 46.8 Å². The number of hydrogen-bond donors (Lipinski definition) is 0. The van der Waals surface area contributed by atoms with Crippen molar-refractivity contribution in [2.75, 3.05) is 5.75 Å². The van der Waals surface area contributed by atoms with Gasteiger partial charge in [0, 0.05) is 15.3 Å². The number of hydrogen-bond acceptors (Lipinski definition) is 2. The van der Waals surface area contributed by atoms with Crippen LogP contribution in [0.2, 0.25) is 0 Å². The van der Waals surface area contributed by atoms with Gasteiger partial charge in [-0.1, -0.05) is 38.3 Å². The van der Waals surface area contributed by atoms with Gasteiger partial charge in [-0.2, -0.15) is 0 Å². The molecule has 104 valence electrons. The highest BCUT2D eigenvalue weighted by Gasteiger charge is 2.29. The molecule has 0 amide bonds. The molecule has 0 aromatic heterocycles. The topological polar surface area (TPSA) is 17.1 Å². The lowest BCUT2D eigenvalue weighted by molar-refractivity contribution is -0.123. The first-order valence-corrected chi connectivity index (χ1v) is 8.90. The molecule has 19 heavy (non-hydrogen) atoms. The van der Waals surface area contributed by atoms with Crippen molar-refractivity contribution in [2.45, 2.75) is 43.9 Å². The second-order valence-electron chi connectivity index (χ2n) is 5.24. The van der Waals surface area contributed by atoms with E-state index >= 15 is 0 Å². The maximum atomic E-state index is 12.4. The smallest absolute Gasteiger partial charge is 0.146 e. The molecular weight excluding hydrogens is 320 g/mol. The van der Waals surface area contributed by atoms with Crippen LogP contribution in [0.25, 0.3) is 0 Å². The van der Waals surface area contributed by atoms with Crippen LogP contribution < -0.4 is 0 Å². The fourth-order valence-electron chi connectivity index (χ4n) is 2.94. The number of halogens is 1. The molecule has 0 spiro atoms. The molecule has 2 atom stereocenters. The maximum absolute atomic E-state index is 12.4. The summed E-state index contributed by atoms with van der Waals surface area (Å²) in [5.41, 5.74) is 0. The average molecular weight is 341 g/mol. The molecule has 1 fully saturated rings. The highest BCUT2D eigenvalue weighted by molar-refractivity contribution is 9.10. The predicted molar refractivity (Wildman–Crippen MR) is 85.6 cm³/mol. The van der Waals surface area contributed by atoms with Gasteiger partial charge >= 0.3 is 0 Å². The van der Waals surface area contributed by atoms with Crippen LogP contribution in [0.3, 0.4) is 0 Å². The molecule has 2 rings (SSSR count). The van der Waals surface area contributed by atoms with Crippen molar-refractivity contribution in [3.05, 3.63) is 28.7 Å². The number of carbonyl (C=O) groups is 1. The van der Waals surface area contributed by atoms with Gasteiger partial charge < -0.3 is 0 Å². The van der Waals surface area contributed by atoms with Crippen LogP contribution in [-0.4, -0.2) is 11.5 Å². The van der Waals surface area contributed by atoms with Crippen LogP contribution in [0.15, 0.2) is 33.6 Å². The largest absolute Gasteiger partial charge is 0.298 e. The van der Waals surface area contributed by atoms with Crippen LogP contribution in [0, 0.1) is 11.8 Å². The van der Waals surface area contributed by atoms with Crippen LogP contribution in [0.1, 0.15) is 39.0 Å². The Morgan fingerprint density at radius 1 is 1.32 bits per heavy atom. The Kier molecular flexibility index (Phi) is 5.96. The van der Waals surface area contributed by atoms with E-state index in [1.807, 2.05) is 18.2 Å². The Labute approximate surface area is 128 Å². The molecule has 1 aromatic rings. The Bertz CT molecular complexity index is 433. The van der Waals surface area contributed by atoms with Gasteiger partial charge in [0.05, 0.1) is 5.75 Å². The Hall–Kier alpha value is -0.280. The van der Waals surface area contributed by atoms with E-state index in [1.165, 1.54) is 24.2 Å². The molecule has 1 aliphatic carbocycles. The van der Waals surface area contributed by atoms with E-state index in [4.69, 9.17) is 0 Å². The summed E-state index contributed by atoms with van der Waals surface area (Å²) in [6.07, 6.45) is 6.03. The predicted octanol–water partition coefficient (Wildman–Crippen LogP) is 5.33. The average Bonchev–Trinajstić information content (AvgIpc) is 2.46. The molecule has 0 radical (unpaired) electrons. The Morgan fingerprint density at radius 3 is 2.79 bits per heavy atom. The monoisotopic (exact) mass is 340 g/mol. The van der Waals surface area contributed by atoms with Crippen LogP contribution in [0.4, 0.5) is 0 Å². The molecule has 0 N–H and O–H groups in total. The summed E-state index contributed by atoms with van der Waals surface area (Å²) in [5.74, 6) is 2.01. The molecule has 2 unspecified atom stereocenters. The number of rotatable bonds is 5. The number of benzene rings is 1. The molecule has 0 saturated heterocycles.